The summed E-state index contributed by atoms with van der Waals surface area (Å²) in [6.07, 6.45) is 4.22. The summed E-state index contributed by atoms with van der Waals surface area (Å²) in [5.41, 5.74) is 5.25. The fraction of sp³-hybridized carbons (Fsp3) is 0.387. The Balaban J connectivity index is 1.26. The molecule has 0 saturated heterocycles. The second-order valence-corrected chi connectivity index (χ2v) is 13.2. The van der Waals surface area contributed by atoms with Gasteiger partial charge in [-0.2, -0.15) is 5.10 Å². The van der Waals surface area contributed by atoms with Crippen molar-refractivity contribution in [3.63, 3.8) is 0 Å². The Labute approximate surface area is 246 Å². The van der Waals surface area contributed by atoms with Gasteiger partial charge in [0, 0.05) is 41.9 Å². The Kier molecular flexibility index (Phi) is 6.37. The number of anilines is 3. The maximum Gasteiger partial charge on any atom is 0.274 e. The topological polar surface area (TPSA) is 102 Å². The number of benzene rings is 1. The van der Waals surface area contributed by atoms with Crippen LogP contribution in [0.4, 0.5) is 21.6 Å². The Morgan fingerprint density at radius 1 is 1.14 bits per heavy atom. The smallest absolute Gasteiger partial charge is 0.274 e. The van der Waals surface area contributed by atoms with Crippen LogP contribution in [0.2, 0.25) is 0 Å². The number of pyridine rings is 1. The van der Waals surface area contributed by atoms with Gasteiger partial charge >= 0.3 is 0 Å². The van der Waals surface area contributed by atoms with Gasteiger partial charge in [-0.3, -0.25) is 14.3 Å². The maximum absolute atomic E-state index is 15.3. The van der Waals surface area contributed by atoms with E-state index >= 15 is 4.39 Å². The Bertz CT molecular complexity index is 1800. The second kappa shape index (κ2) is 9.89. The minimum absolute atomic E-state index is 0.157. The minimum atomic E-state index is -0.531. The SMILES string of the molecule is Cn1cc(-c2cc(F)cc(N3CCc4c(sc5c4CC(C)(C)C5)C3=O)c2CO)cc(Nc2cc3n(n2)CCOC3)c1=O. The van der Waals surface area contributed by atoms with Gasteiger partial charge in [-0.25, -0.2) is 4.39 Å². The molecule has 7 rings (SSSR count). The quantitative estimate of drug-likeness (QED) is 0.355. The molecule has 1 amide bonds. The summed E-state index contributed by atoms with van der Waals surface area (Å²) in [5.74, 6) is -0.181. The van der Waals surface area contributed by atoms with Crippen LogP contribution in [0.1, 0.15) is 50.8 Å². The summed E-state index contributed by atoms with van der Waals surface area (Å²) in [6, 6.07) is 6.13. The van der Waals surface area contributed by atoms with Gasteiger partial charge < -0.3 is 24.6 Å². The summed E-state index contributed by atoms with van der Waals surface area (Å²) in [6.45, 7) is 6.15. The molecule has 5 heterocycles. The van der Waals surface area contributed by atoms with Gasteiger partial charge in [-0.1, -0.05) is 13.8 Å². The highest BCUT2D eigenvalue weighted by molar-refractivity contribution is 7.14. The number of rotatable bonds is 5. The number of aliphatic hydroxyl groups excluding tert-OH is 1. The number of hydrogen-bond acceptors (Lipinski definition) is 7. The van der Waals surface area contributed by atoms with Crippen LogP contribution in [0.15, 0.2) is 35.3 Å². The molecule has 3 aromatic heterocycles. The molecule has 2 aliphatic heterocycles. The van der Waals surface area contributed by atoms with E-state index in [-0.39, 0.29) is 22.6 Å². The molecule has 1 aromatic carbocycles. The van der Waals surface area contributed by atoms with Gasteiger partial charge in [0.2, 0.25) is 0 Å². The molecule has 218 valence electrons. The number of hydrogen-bond donors (Lipinski definition) is 2. The molecule has 3 aliphatic rings. The lowest BCUT2D eigenvalue weighted by Crippen LogP contribution is -2.38. The molecule has 0 unspecified atom stereocenters. The molecule has 4 aromatic rings. The van der Waals surface area contributed by atoms with E-state index in [1.165, 1.54) is 27.1 Å². The lowest BCUT2D eigenvalue weighted by molar-refractivity contribution is 0.0801. The summed E-state index contributed by atoms with van der Waals surface area (Å²) >= 11 is 1.56. The van der Waals surface area contributed by atoms with Crippen molar-refractivity contribution in [3.8, 4) is 11.1 Å². The zero-order valence-corrected chi connectivity index (χ0v) is 24.6. The van der Waals surface area contributed by atoms with Crippen LogP contribution in [0.25, 0.3) is 11.1 Å². The van der Waals surface area contributed by atoms with Crippen LogP contribution in [-0.4, -0.2) is 38.5 Å². The molecule has 0 radical (unpaired) electrons. The molecule has 0 atom stereocenters. The standard InChI is InChI=1S/C31H32FN5O4S/c1-31(2)12-22-20-4-5-36(30(40)28(20)42-26(22)13-31)25-10-18(32)9-21(23(25)15-38)17-8-24(29(39)35(3)14-17)33-27-11-19-16-41-7-6-37(19)34-27/h8-11,14,38H,4-7,12-13,15-16H2,1-3H3,(H,33,34). The van der Waals surface area contributed by atoms with Crippen molar-refractivity contribution in [1.29, 1.82) is 0 Å². The summed E-state index contributed by atoms with van der Waals surface area (Å²) in [7, 11) is 1.62. The molecule has 0 fully saturated rings. The number of nitrogens with zero attached hydrogens (tertiary/aromatic N) is 4. The van der Waals surface area contributed by atoms with Crippen molar-refractivity contribution in [2.75, 3.05) is 23.4 Å². The van der Waals surface area contributed by atoms with E-state index in [0.717, 1.165) is 29.0 Å². The van der Waals surface area contributed by atoms with E-state index in [2.05, 4.69) is 24.3 Å². The lowest BCUT2D eigenvalue weighted by Gasteiger charge is -2.30. The molecule has 9 nitrogen and oxygen atoms in total. The van der Waals surface area contributed by atoms with Gasteiger partial charge in [-0.05, 0) is 59.6 Å². The monoisotopic (exact) mass is 589 g/mol. The van der Waals surface area contributed by atoms with Crippen LogP contribution in [0.3, 0.4) is 0 Å². The molecule has 0 spiro atoms. The van der Waals surface area contributed by atoms with Crippen molar-refractivity contribution < 1.29 is 19.0 Å². The average molecular weight is 590 g/mol. The predicted molar refractivity (Wildman–Crippen MR) is 159 cm³/mol. The second-order valence-electron chi connectivity index (χ2n) is 12.1. The summed E-state index contributed by atoms with van der Waals surface area (Å²) < 4.78 is 24.0. The normalized spacial score (nSPS) is 17.3. The number of thiophene rings is 1. The van der Waals surface area contributed by atoms with E-state index in [1.54, 1.807) is 35.5 Å². The third kappa shape index (κ3) is 4.47. The molecule has 1 aliphatic carbocycles. The molecule has 2 N–H and O–H groups in total. The largest absolute Gasteiger partial charge is 0.392 e. The van der Waals surface area contributed by atoms with Gasteiger partial charge in [0.1, 0.15) is 11.5 Å². The molecule has 42 heavy (non-hydrogen) atoms. The number of carbonyl (C=O) groups is 1. The number of amides is 1. The van der Waals surface area contributed by atoms with Crippen LogP contribution in [0.5, 0.6) is 0 Å². The predicted octanol–water partition coefficient (Wildman–Crippen LogP) is 4.54. The maximum atomic E-state index is 15.3. The number of aryl methyl sites for hydroxylation is 1. The lowest BCUT2D eigenvalue weighted by atomic mass is 9.89. The fourth-order valence-corrected chi connectivity index (χ4v) is 8.09. The molecular formula is C31H32FN5O4S. The average Bonchev–Trinajstić information content (AvgIpc) is 3.60. The fourth-order valence-electron chi connectivity index (χ4n) is 6.52. The molecule has 0 bridgehead atoms. The first-order valence-electron chi connectivity index (χ1n) is 14.1. The van der Waals surface area contributed by atoms with Gasteiger partial charge in [0.15, 0.2) is 5.82 Å². The highest BCUT2D eigenvalue weighted by Crippen LogP contribution is 2.46. The van der Waals surface area contributed by atoms with E-state index in [0.29, 0.717) is 60.9 Å². The van der Waals surface area contributed by atoms with E-state index < -0.39 is 12.4 Å². The first-order valence-corrected chi connectivity index (χ1v) is 14.9. The van der Waals surface area contributed by atoms with Crippen LogP contribution < -0.4 is 15.8 Å². The molecule has 11 heteroatoms. The first kappa shape index (κ1) is 27.1. The van der Waals surface area contributed by atoms with Crippen molar-refractivity contribution in [1.82, 2.24) is 14.3 Å². The van der Waals surface area contributed by atoms with E-state index in [4.69, 9.17) is 4.74 Å². The first-order chi connectivity index (χ1) is 20.1. The van der Waals surface area contributed by atoms with Crippen molar-refractivity contribution in [3.05, 3.63) is 78.8 Å². The Hall–Kier alpha value is -3.80. The summed E-state index contributed by atoms with van der Waals surface area (Å²) in [5, 5.41) is 18.2. The zero-order valence-electron chi connectivity index (χ0n) is 23.8. The number of aromatic nitrogens is 3. The Morgan fingerprint density at radius 3 is 2.76 bits per heavy atom. The van der Waals surface area contributed by atoms with Gasteiger partial charge in [0.05, 0.1) is 42.6 Å². The third-order valence-electron chi connectivity index (χ3n) is 8.48. The van der Waals surface area contributed by atoms with Gasteiger partial charge in [0.25, 0.3) is 11.5 Å². The molecule has 0 saturated carbocycles. The third-order valence-corrected chi connectivity index (χ3v) is 9.74. The number of carbonyl (C=O) groups excluding carboxylic acids is 1. The Morgan fingerprint density at radius 2 is 1.98 bits per heavy atom. The van der Waals surface area contributed by atoms with Crippen molar-refractivity contribution in [2.24, 2.45) is 12.5 Å². The van der Waals surface area contributed by atoms with Crippen LogP contribution in [-0.2, 0) is 50.8 Å². The number of nitrogens with one attached hydrogen (secondary N) is 1. The number of halogens is 1. The number of aliphatic hydroxyl groups is 1. The number of ether oxygens (including phenoxy) is 1. The number of fused-ring (bicyclic) bond motifs is 4. The highest BCUT2D eigenvalue weighted by Gasteiger charge is 2.38. The van der Waals surface area contributed by atoms with Crippen LogP contribution in [0, 0.1) is 11.2 Å². The van der Waals surface area contributed by atoms with E-state index in [1.807, 2.05) is 10.7 Å². The van der Waals surface area contributed by atoms with Crippen LogP contribution >= 0.6 is 11.3 Å². The van der Waals surface area contributed by atoms with Gasteiger partial charge in [-0.15, -0.1) is 11.3 Å². The van der Waals surface area contributed by atoms with Crippen molar-refractivity contribution in [2.45, 2.75) is 52.9 Å². The van der Waals surface area contributed by atoms with E-state index in [9.17, 15) is 14.7 Å². The minimum Gasteiger partial charge on any atom is -0.392 e. The highest BCUT2D eigenvalue weighted by atomic mass is 32.1. The zero-order chi connectivity index (χ0) is 29.3. The summed E-state index contributed by atoms with van der Waals surface area (Å²) in [4.78, 5) is 30.5. The van der Waals surface area contributed by atoms with Crippen molar-refractivity contribution >= 4 is 34.4 Å². The molecular weight excluding hydrogens is 557 g/mol.